The summed E-state index contributed by atoms with van der Waals surface area (Å²) in [4.78, 5) is 24.3. The molecule has 0 aliphatic rings. The van der Waals surface area contributed by atoms with Crippen molar-refractivity contribution in [3.8, 4) is 0 Å². The number of hydrogen-bond donors (Lipinski definition) is 2. The van der Waals surface area contributed by atoms with E-state index >= 15 is 0 Å². The van der Waals surface area contributed by atoms with Crippen LogP contribution in [0.5, 0.6) is 0 Å². The molecule has 1 heterocycles. The van der Waals surface area contributed by atoms with E-state index < -0.39 is 0 Å². The van der Waals surface area contributed by atoms with Crippen LogP contribution >= 0.6 is 0 Å². The van der Waals surface area contributed by atoms with Crippen LogP contribution in [0.15, 0.2) is 41.0 Å². The Bertz CT molecular complexity index is 719. The summed E-state index contributed by atoms with van der Waals surface area (Å²) >= 11 is 0. The van der Waals surface area contributed by atoms with Crippen LogP contribution in [0.3, 0.4) is 0 Å². The molecule has 2 rings (SSSR count). The van der Waals surface area contributed by atoms with E-state index in [1.54, 1.807) is 13.0 Å². The van der Waals surface area contributed by atoms with Crippen LogP contribution in [-0.4, -0.2) is 18.4 Å². The second-order valence-corrected chi connectivity index (χ2v) is 6.22. The smallest absolute Gasteiger partial charge is 0.255 e. The minimum absolute atomic E-state index is 0.0709. The number of furan rings is 1. The van der Waals surface area contributed by atoms with Gasteiger partial charge in [-0.05, 0) is 37.0 Å². The normalized spacial score (nSPS) is 12.0. The SMILES string of the molecule is Cc1ccccc1C(NC(=O)CNC(=O)c1ccoc1C)C(C)C. The molecule has 0 saturated heterocycles. The highest BCUT2D eigenvalue weighted by molar-refractivity contribution is 5.97. The van der Waals surface area contributed by atoms with Crippen LogP contribution < -0.4 is 10.6 Å². The Morgan fingerprint density at radius 3 is 2.42 bits per heavy atom. The van der Waals surface area contributed by atoms with Gasteiger partial charge in [-0.25, -0.2) is 0 Å². The average Bonchev–Trinajstić information content (AvgIpc) is 2.97. The lowest BCUT2D eigenvalue weighted by Crippen LogP contribution is -2.40. The Balaban J connectivity index is 1.98. The van der Waals surface area contributed by atoms with E-state index in [4.69, 9.17) is 4.42 Å². The predicted molar refractivity (Wildman–Crippen MR) is 92.7 cm³/mol. The zero-order valence-corrected chi connectivity index (χ0v) is 14.6. The van der Waals surface area contributed by atoms with Crippen LogP contribution in [0.2, 0.25) is 0 Å². The molecular formula is C19H24N2O3. The number of aryl methyl sites for hydroxylation is 2. The standard InChI is InChI=1S/C19H24N2O3/c1-12(2)18(15-8-6-5-7-13(15)3)21-17(22)11-20-19(23)16-9-10-24-14(16)4/h5-10,12,18H,11H2,1-4H3,(H,20,23)(H,21,22). The lowest BCUT2D eigenvalue weighted by atomic mass is 9.92. The van der Waals surface area contributed by atoms with Crippen molar-refractivity contribution in [2.75, 3.05) is 6.54 Å². The van der Waals surface area contributed by atoms with Crippen LogP contribution in [0, 0.1) is 19.8 Å². The van der Waals surface area contributed by atoms with Crippen molar-refractivity contribution in [3.05, 3.63) is 59.0 Å². The zero-order valence-electron chi connectivity index (χ0n) is 14.6. The summed E-state index contributed by atoms with van der Waals surface area (Å²) in [6, 6.07) is 9.49. The molecule has 1 aromatic heterocycles. The monoisotopic (exact) mass is 328 g/mol. The third kappa shape index (κ3) is 4.25. The summed E-state index contributed by atoms with van der Waals surface area (Å²) in [7, 11) is 0. The largest absolute Gasteiger partial charge is 0.469 e. The number of amides is 2. The van der Waals surface area contributed by atoms with Crippen LogP contribution in [0.1, 0.15) is 47.1 Å². The van der Waals surface area contributed by atoms with Crippen molar-refractivity contribution in [3.63, 3.8) is 0 Å². The first-order valence-electron chi connectivity index (χ1n) is 8.07. The van der Waals surface area contributed by atoms with E-state index in [2.05, 4.69) is 24.5 Å². The van der Waals surface area contributed by atoms with Crippen molar-refractivity contribution < 1.29 is 14.0 Å². The van der Waals surface area contributed by atoms with E-state index in [-0.39, 0.29) is 30.3 Å². The highest BCUT2D eigenvalue weighted by atomic mass is 16.3. The van der Waals surface area contributed by atoms with Crippen LogP contribution in [-0.2, 0) is 4.79 Å². The molecule has 2 aromatic rings. The maximum absolute atomic E-state index is 12.3. The highest BCUT2D eigenvalue weighted by Gasteiger charge is 2.20. The quantitative estimate of drug-likeness (QED) is 0.856. The molecule has 2 amide bonds. The lowest BCUT2D eigenvalue weighted by molar-refractivity contribution is -0.121. The predicted octanol–water partition coefficient (Wildman–Crippen LogP) is 3.14. The first-order chi connectivity index (χ1) is 11.4. The molecule has 0 radical (unpaired) electrons. The summed E-state index contributed by atoms with van der Waals surface area (Å²) in [6.45, 7) is 7.79. The van der Waals surface area contributed by atoms with Gasteiger partial charge in [0.1, 0.15) is 5.76 Å². The third-order valence-electron chi connectivity index (χ3n) is 4.02. The first kappa shape index (κ1) is 17.8. The molecular weight excluding hydrogens is 304 g/mol. The number of rotatable bonds is 6. The van der Waals surface area contributed by atoms with Crippen molar-refractivity contribution >= 4 is 11.8 Å². The molecule has 0 aliphatic carbocycles. The van der Waals surface area contributed by atoms with E-state index in [1.807, 2.05) is 31.2 Å². The number of benzene rings is 1. The fraction of sp³-hybridized carbons (Fsp3) is 0.368. The maximum Gasteiger partial charge on any atom is 0.255 e. The van der Waals surface area contributed by atoms with Crippen molar-refractivity contribution in [2.24, 2.45) is 5.92 Å². The first-order valence-corrected chi connectivity index (χ1v) is 8.07. The van der Waals surface area contributed by atoms with E-state index in [9.17, 15) is 9.59 Å². The van der Waals surface area contributed by atoms with Gasteiger partial charge in [-0.15, -0.1) is 0 Å². The second-order valence-electron chi connectivity index (χ2n) is 6.22. The fourth-order valence-electron chi connectivity index (χ4n) is 2.64. The number of nitrogens with one attached hydrogen (secondary N) is 2. The molecule has 1 unspecified atom stereocenters. The molecule has 5 heteroatoms. The minimum atomic E-state index is -0.312. The number of hydrogen-bond acceptors (Lipinski definition) is 3. The third-order valence-corrected chi connectivity index (χ3v) is 4.02. The topological polar surface area (TPSA) is 71.3 Å². The van der Waals surface area contributed by atoms with Gasteiger partial charge in [0.25, 0.3) is 5.91 Å². The molecule has 1 aromatic carbocycles. The molecule has 0 aliphatic heterocycles. The van der Waals surface area contributed by atoms with Gasteiger partial charge in [0, 0.05) is 0 Å². The Morgan fingerprint density at radius 2 is 1.83 bits per heavy atom. The van der Waals surface area contributed by atoms with Gasteiger partial charge in [-0.2, -0.15) is 0 Å². The second kappa shape index (κ2) is 7.81. The molecule has 0 bridgehead atoms. The van der Waals surface area contributed by atoms with Gasteiger partial charge in [-0.3, -0.25) is 9.59 Å². The molecule has 2 N–H and O–H groups in total. The maximum atomic E-state index is 12.3. The Kier molecular flexibility index (Phi) is 5.79. The van der Waals surface area contributed by atoms with Crippen LogP contribution in [0.25, 0.3) is 0 Å². The number of carbonyl (C=O) groups excluding carboxylic acids is 2. The summed E-state index contributed by atoms with van der Waals surface area (Å²) in [5.41, 5.74) is 2.68. The zero-order chi connectivity index (χ0) is 17.7. The van der Waals surface area contributed by atoms with Gasteiger partial charge >= 0.3 is 0 Å². The summed E-state index contributed by atoms with van der Waals surface area (Å²) in [5.74, 6) is 0.245. The van der Waals surface area contributed by atoms with Gasteiger partial charge in [-0.1, -0.05) is 38.1 Å². The minimum Gasteiger partial charge on any atom is -0.469 e. The Labute approximate surface area is 142 Å². The highest BCUT2D eigenvalue weighted by Crippen LogP contribution is 2.24. The fourth-order valence-corrected chi connectivity index (χ4v) is 2.64. The van der Waals surface area contributed by atoms with Crippen molar-refractivity contribution in [1.82, 2.24) is 10.6 Å². The van der Waals surface area contributed by atoms with Gasteiger partial charge < -0.3 is 15.1 Å². The summed E-state index contributed by atoms with van der Waals surface area (Å²) in [5, 5.41) is 5.64. The van der Waals surface area contributed by atoms with E-state index in [1.165, 1.54) is 6.26 Å². The lowest BCUT2D eigenvalue weighted by Gasteiger charge is -2.24. The Morgan fingerprint density at radius 1 is 1.12 bits per heavy atom. The molecule has 0 fully saturated rings. The van der Waals surface area contributed by atoms with Gasteiger partial charge in [0.05, 0.1) is 24.4 Å². The van der Waals surface area contributed by atoms with E-state index in [0.29, 0.717) is 11.3 Å². The molecule has 1 atom stereocenters. The molecule has 24 heavy (non-hydrogen) atoms. The molecule has 0 saturated carbocycles. The molecule has 0 spiro atoms. The van der Waals surface area contributed by atoms with Crippen molar-refractivity contribution in [2.45, 2.75) is 33.7 Å². The van der Waals surface area contributed by atoms with Crippen LogP contribution in [0.4, 0.5) is 0 Å². The van der Waals surface area contributed by atoms with Crippen molar-refractivity contribution in [1.29, 1.82) is 0 Å². The summed E-state index contributed by atoms with van der Waals surface area (Å²) in [6.07, 6.45) is 1.46. The molecule has 5 nitrogen and oxygen atoms in total. The Hall–Kier alpha value is -2.56. The molecule has 128 valence electrons. The van der Waals surface area contributed by atoms with Gasteiger partial charge in [0.2, 0.25) is 5.91 Å². The number of carbonyl (C=O) groups is 2. The average molecular weight is 328 g/mol. The van der Waals surface area contributed by atoms with Gasteiger partial charge in [0.15, 0.2) is 0 Å². The van der Waals surface area contributed by atoms with E-state index in [0.717, 1.165) is 11.1 Å². The summed E-state index contributed by atoms with van der Waals surface area (Å²) < 4.78 is 5.10.